The highest BCUT2D eigenvalue weighted by atomic mass is 32.3. The minimum Gasteiger partial charge on any atom is -0.462 e. The molecule has 2 saturated heterocycles. The van der Waals surface area contributed by atoms with E-state index >= 15 is 0 Å². The van der Waals surface area contributed by atoms with Gasteiger partial charge in [0, 0.05) is 39.0 Å². The molecule has 2 aliphatic rings. The molecule has 0 spiro atoms. The number of hydrogen-bond donors (Lipinski definition) is 5. The quantitative estimate of drug-likeness (QED) is 0.0184. The van der Waals surface area contributed by atoms with Crippen molar-refractivity contribution in [2.45, 2.75) is 172 Å². The maximum absolute atomic E-state index is 12.3. The molecule has 0 aromatic heterocycles. The number of carbonyl (C=O) groups excluding carboxylic acids is 2. The Morgan fingerprint density at radius 3 is 2.16 bits per heavy atom. The molecule has 0 amide bonds. The van der Waals surface area contributed by atoms with Crippen LogP contribution in [0.15, 0.2) is 12.2 Å². The van der Waals surface area contributed by atoms with E-state index in [4.69, 9.17) is 44.2 Å². The van der Waals surface area contributed by atoms with Crippen LogP contribution in [0.5, 0.6) is 0 Å². The molecule has 0 radical (unpaired) electrons. The lowest BCUT2D eigenvalue weighted by atomic mass is 9.94. The van der Waals surface area contributed by atoms with Crippen LogP contribution in [0.4, 0.5) is 0 Å². The molecule has 2 aliphatic heterocycles. The van der Waals surface area contributed by atoms with Gasteiger partial charge in [-0.3, -0.25) is 18.4 Å². The van der Waals surface area contributed by atoms with Gasteiger partial charge in [-0.05, 0) is 38.5 Å². The van der Waals surface area contributed by atoms with E-state index < -0.39 is 60.8 Å². The second-order valence-corrected chi connectivity index (χ2v) is 17.6. The zero-order chi connectivity index (χ0) is 42.7. The summed E-state index contributed by atoms with van der Waals surface area (Å²) in [7, 11) is -8.89. The summed E-state index contributed by atoms with van der Waals surface area (Å²) in [5.41, 5.74) is 10.9. The Morgan fingerprint density at radius 2 is 1.52 bits per heavy atom. The molecule has 2 rings (SSSR count). The third kappa shape index (κ3) is 25.3. The number of nitrogens with two attached hydrogens (primary N) is 2. The molecule has 2 heterocycles. The van der Waals surface area contributed by atoms with Gasteiger partial charge in [0.15, 0.2) is 11.9 Å². The summed E-state index contributed by atoms with van der Waals surface area (Å²) in [6, 6.07) is -0.608. The first-order chi connectivity index (χ1) is 27.6. The number of fused-ring (bicyclic) bond motifs is 2. The number of phosphoric ester groups is 1. The minimum atomic E-state index is -4.48. The Morgan fingerprint density at radius 1 is 0.879 bits per heavy atom. The van der Waals surface area contributed by atoms with Crippen LogP contribution >= 0.6 is 7.82 Å². The van der Waals surface area contributed by atoms with E-state index in [0.717, 1.165) is 64.2 Å². The molecule has 0 aromatic carbocycles. The van der Waals surface area contributed by atoms with E-state index in [-0.39, 0.29) is 45.2 Å². The Balaban J connectivity index is 1.51. The Hall–Kier alpha value is -1.58. The molecule has 340 valence electrons. The Labute approximate surface area is 344 Å². The summed E-state index contributed by atoms with van der Waals surface area (Å²) in [6.07, 6.45) is 20.9. The smallest absolute Gasteiger partial charge is 0.462 e. The molecule has 0 aliphatic carbocycles. The second kappa shape index (κ2) is 29.6. The fourth-order valence-electron chi connectivity index (χ4n) is 6.84. The standard InChI is InChI=1S/C38H71N2O16PS/c1-31(41)50-29-33(30-52-57(44,45)51-26-24-39)54-36(43)20-16-12-10-11-15-19-35-37-34(42)21-23-38(55-35,56-37)22-17-13-8-6-4-2-3-5-7-9-14-18-25-49-27-32(40)28-53-58(46,47)48/h16,20,32-35,37,42H,2-15,17-19,21-30,39-40H2,1H3,(H,44,45)(H,46,47,48)/b20-16+/t32-,33-,34-,35-,37-,38+/m1/s1. The van der Waals surface area contributed by atoms with Gasteiger partial charge in [-0.1, -0.05) is 83.1 Å². The number of rotatable bonds is 36. The zero-order valence-corrected chi connectivity index (χ0v) is 36.0. The van der Waals surface area contributed by atoms with E-state index in [9.17, 15) is 32.6 Å². The first-order valence-corrected chi connectivity index (χ1v) is 23.8. The first-order valence-electron chi connectivity index (χ1n) is 20.9. The lowest BCUT2D eigenvalue weighted by molar-refractivity contribution is -0.214. The van der Waals surface area contributed by atoms with Gasteiger partial charge in [-0.25, -0.2) is 13.5 Å². The van der Waals surface area contributed by atoms with Gasteiger partial charge in [-0.15, -0.1) is 0 Å². The van der Waals surface area contributed by atoms with Crippen LogP contribution in [-0.4, -0.2) is 117 Å². The fraction of sp³-hybridized carbons (Fsp3) is 0.895. The van der Waals surface area contributed by atoms with E-state index in [0.29, 0.717) is 25.9 Å². The van der Waals surface area contributed by atoms with Crippen molar-refractivity contribution in [2.75, 3.05) is 46.2 Å². The number of aliphatic hydroxyl groups is 1. The molecule has 0 aromatic rings. The normalized spacial score (nSPS) is 22.8. The minimum absolute atomic E-state index is 0.0114. The molecular weight excluding hydrogens is 803 g/mol. The summed E-state index contributed by atoms with van der Waals surface area (Å²) in [4.78, 5) is 33.2. The van der Waals surface area contributed by atoms with Gasteiger partial charge in [-0.2, -0.15) is 8.42 Å². The van der Waals surface area contributed by atoms with Gasteiger partial charge in [0.2, 0.25) is 0 Å². The molecule has 2 bridgehead atoms. The molecule has 0 saturated carbocycles. The molecule has 1 unspecified atom stereocenters. The highest BCUT2D eigenvalue weighted by Gasteiger charge is 2.52. The highest BCUT2D eigenvalue weighted by molar-refractivity contribution is 7.80. The SMILES string of the molecule is CC(=O)OC[C@H](COP(=O)(O)OCCN)OC(=O)/C=C/CCCCC[C@H]1O[C@]2(CCCCCCCCCCCCCCOC[C@@H](N)COS(=O)(=O)O)CC[C@@H](O)[C@H]1O2. The third-order valence-corrected chi connectivity index (χ3v) is 11.2. The first kappa shape index (κ1) is 52.6. The van der Waals surface area contributed by atoms with Gasteiger partial charge < -0.3 is 45.2 Å². The van der Waals surface area contributed by atoms with E-state index in [1.165, 1.54) is 57.9 Å². The van der Waals surface area contributed by atoms with Crippen LogP contribution in [0.1, 0.15) is 135 Å². The lowest BCUT2D eigenvalue weighted by Gasteiger charge is -2.33. The van der Waals surface area contributed by atoms with Crippen LogP contribution in [0.25, 0.3) is 0 Å². The van der Waals surface area contributed by atoms with Gasteiger partial charge in [0.05, 0.1) is 44.7 Å². The zero-order valence-electron chi connectivity index (χ0n) is 34.3. The van der Waals surface area contributed by atoms with Crippen molar-refractivity contribution in [3.63, 3.8) is 0 Å². The van der Waals surface area contributed by atoms with Crippen LogP contribution in [0.2, 0.25) is 0 Å². The van der Waals surface area contributed by atoms with E-state index in [1.807, 2.05) is 0 Å². The molecule has 20 heteroatoms. The predicted octanol–water partition coefficient (Wildman–Crippen LogP) is 4.93. The number of phosphoric acid groups is 1. The summed E-state index contributed by atoms with van der Waals surface area (Å²) < 4.78 is 83.7. The lowest BCUT2D eigenvalue weighted by Crippen LogP contribution is -2.41. The van der Waals surface area contributed by atoms with Crippen molar-refractivity contribution in [3.8, 4) is 0 Å². The predicted molar refractivity (Wildman–Crippen MR) is 214 cm³/mol. The van der Waals surface area contributed by atoms with E-state index in [1.54, 1.807) is 6.08 Å². The monoisotopic (exact) mass is 874 g/mol. The van der Waals surface area contributed by atoms with Crippen molar-refractivity contribution in [1.82, 2.24) is 0 Å². The molecule has 7 N–H and O–H groups in total. The Bertz CT molecular complexity index is 1330. The third-order valence-electron chi connectivity index (χ3n) is 9.81. The summed E-state index contributed by atoms with van der Waals surface area (Å²) >= 11 is 0. The number of unbranched alkanes of at least 4 members (excludes halogenated alkanes) is 14. The molecule has 7 atom stereocenters. The summed E-state index contributed by atoms with van der Waals surface area (Å²) in [5.74, 6) is -1.92. The maximum Gasteiger partial charge on any atom is 0.472 e. The summed E-state index contributed by atoms with van der Waals surface area (Å²) in [6.45, 7) is 0.543. The number of allylic oxidation sites excluding steroid dienone is 1. The maximum atomic E-state index is 12.3. The number of hydrogen-bond acceptors (Lipinski definition) is 16. The molecule has 18 nitrogen and oxygen atoms in total. The van der Waals surface area contributed by atoms with Crippen molar-refractivity contribution in [2.24, 2.45) is 11.5 Å². The number of esters is 2. The number of carbonyl (C=O) groups is 2. The fourth-order valence-corrected chi connectivity index (χ4v) is 7.95. The topological polar surface area (TPSA) is 272 Å². The van der Waals surface area contributed by atoms with Crippen molar-refractivity contribution >= 4 is 30.2 Å². The van der Waals surface area contributed by atoms with E-state index in [2.05, 4.69) is 8.71 Å². The Kier molecular flexibility index (Phi) is 26.9. The highest BCUT2D eigenvalue weighted by Crippen LogP contribution is 2.45. The molecule has 58 heavy (non-hydrogen) atoms. The second-order valence-electron chi connectivity index (χ2n) is 15.1. The molecular formula is C38H71N2O16PS. The van der Waals surface area contributed by atoms with Crippen molar-refractivity contribution < 1.29 is 74.0 Å². The van der Waals surface area contributed by atoms with Gasteiger partial charge >= 0.3 is 30.2 Å². The van der Waals surface area contributed by atoms with Crippen LogP contribution in [0, 0.1) is 0 Å². The molecule has 2 fully saturated rings. The van der Waals surface area contributed by atoms with Crippen LogP contribution in [-0.2, 0) is 61.5 Å². The summed E-state index contributed by atoms with van der Waals surface area (Å²) in [5, 5.41) is 10.6. The van der Waals surface area contributed by atoms with Crippen molar-refractivity contribution in [3.05, 3.63) is 12.2 Å². The van der Waals surface area contributed by atoms with Gasteiger partial charge in [0.25, 0.3) is 0 Å². The average molecular weight is 875 g/mol. The van der Waals surface area contributed by atoms with Gasteiger partial charge in [0.1, 0.15) is 12.7 Å². The van der Waals surface area contributed by atoms with Crippen LogP contribution < -0.4 is 11.5 Å². The largest absolute Gasteiger partial charge is 0.472 e. The number of ether oxygens (including phenoxy) is 5. The average Bonchev–Trinajstić information content (AvgIpc) is 3.47. The number of aliphatic hydroxyl groups excluding tert-OH is 1. The van der Waals surface area contributed by atoms with Crippen LogP contribution in [0.3, 0.4) is 0 Å². The van der Waals surface area contributed by atoms with Crippen molar-refractivity contribution in [1.29, 1.82) is 0 Å².